The van der Waals surface area contributed by atoms with E-state index in [0.29, 0.717) is 12.1 Å². The summed E-state index contributed by atoms with van der Waals surface area (Å²) in [5, 5.41) is 3.59. The number of nitrogens with zero attached hydrogens (tertiary/aromatic N) is 2. The first-order chi connectivity index (χ1) is 8.04. The van der Waals surface area contributed by atoms with Crippen LogP contribution in [0.15, 0.2) is 0 Å². The predicted octanol–water partition coefficient (Wildman–Crippen LogP) is 1.79. The zero-order valence-corrected chi connectivity index (χ0v) is 12.4. The Kier molecular flexibility index (Phi) is 6.45. The molecule has 102 valence electrons. The molecule has 1 heterocycles. The number of nitrogens with one attached hydrogen (secondary N) is 1. The molecule has 3 unspecified atom stereocenters. The largest absolute Gasteiger partial charge is 0.313 e. The van der Waals surface area contributed by atoms with Crippen LogP contribution in [-0.4, -0.2) is 61.7 Å². The molecule has 17 heavy (non-hydrogen) atoms. The molecule has 0 amide bonds. The summed E-state index contributed by atoms with van der Waals surface area (Å²) in [6.07, 6.45) is 3.95. The van der Waals surface area contributed by atoms with E-state index in [-0.39, 0.29) is 0 Å². The molecule has 0 aromatic rings. The minimum absolute atomic E-state index is 0.623. The molecule has 0 aromatic heterocycles. The standard InChI is InChI=1S/C14H31N3/c1-6-12(2)15-10-13(3)17(5)11-14-8-7-9-16(14)4/h12-15H,6-11H2,1-5H3. The summed E-state index contributed by atoms with van der Waals surface area (Å²) in [5.41, 5.74) is 0. The average molecular weight is 241 g/mol. The van der Waals surface area contributed by atoms with Crippen molar-refractivity contribution in [1.82, 2.24) is 15.1 Å². The summed E-state index contributed by atoms with van der Waals surface area (Å²) < 4.78 is 0. The van der Waals surface area contributed by atoms with Gasteiger partial charge in [-0.2, -0.15) is 0 Å². The molecule has 1 aliphatic heterocycles. The topological polar surface area (TPSA) is 18.5 Å². The number of likely N-dealkylation sites (N-methyl/N-ethyl adjacent to an activating group) is 2. The van der Waals surface area contributed by atoms with Crippen LogP contribution in [0.1, 0.15) is 40.0 Å². The summed E-state index contributed by atoms with van der Waals surface area (Å²) in [4.78, 5) is 5.01. The summed E-state index contributed by atoms with van der Waals surface area (Å²) in [7, 11) is 4.52. The van der Waals surface area contributed by atoms with Crippen LogP contribution in [0.5, 0.6) is 0 Å². The van der Waals surface area contributed by atoms with Crippen LogP contribution >= 0.6 is 0 Å². The van der Waals surface area contributed by atoms with Gasteiger partial charge in [-0.05, 0) is 53.8 Å². The first kappa shape index (κ1) is 14.9. The third-order valence-corrected chi connectivity index (χ3v) is 4.30. The Labute approximate surface area is 108 Å². The lowest BCUT2D eigenvalue weighted by Crippen LogP contribution is -2.45. The molecular formula is C14H31N3. The highest BCUT2D eigenvalue weighted by atomic mass is 15.2. The molecule has 0 aliphatic carbocycles. The van der Waals surface area contributed by atoms with Crippen molar-refractivity contribution in [3.63, 3.8) is 0 Å². The van der Waals surface area contributed by atoms with Crippen LogP contribution in [0.2, 0.25) is 0 Å². The molecule has 3 atom stereocenters. The van der Waals surface area contributed by atoms with Gasteiger partial charge in [-0.15, -0.1) is 0 Å². The van der Waals surface area contributed by atoms with E-state index in [0.717, 1.165) is 12.6 Å². The van der Waals surface area contributed by atoms with E-state index in [1.54, 1.807) is 0 Å². The maximum absolute atomic E-state index is 3.59. The van der Waals surface area contributed by atoms with Crippen LogP contribution in [0.4, 0.5) is 0 Å². The van der Waals surface area contributed by atoms with Crippen LogP contribution in [0, 0.1) is 0 Å². The van der Waals surface area contributed by atoms with Gasteiger partial charge in [0.1, 0.15) is 0 Å². The van der Waals surface area contributed by atoms with Crippen molar-refractivity contribution in [2.24, 2.45) is 0 Å². The van der Waals surface area contributed by atoms with Gasteiger partial charge in [0.25, 0.3) is 0 Å². The van der Waals surface area contributed by atoms with Crippen LogP contribution in [-0.2, 0) is 0 Å². The average Bonchev–Trinajstić information content (AvgIpc) is 2.71. The maximum atomic E-state index is 3.59. The minimum Gasteiger partial charge on any atom is -0.313 e. The van der Waals surface area contributed by atoms with Crippen molar-refractivity contribution in [1.29, 1.82) is 0 Å². The number of likely N-dealkylation sites (tertiary alicyclic amines) is 1. The normalized spacial score (nSPS) is 25.4. The molecule has 0 bridgehead atoms. The molecule has 1 saturated heterocycles. The van der Waals surface area contributed by atoms with Crippen molar-refractivity contribution < 1.29 is 0 Å². The molecule has 0 spiro atoms. The fraction of sp³-hybridized carbons (Fsp3) is 1.00. The number of rotatable bonds is 7. The Morgan fingerprint density at radius 2 is 2.12 bits per heavy atom. The van der Waals surface area contributed by atoms with E-state index >= 15 is 0 Å². The second kappa shape index (κ2) is 7.34. The van der Waals surface area contributed by atoms with Gasteiger partial charge < -0.3 is 15.1 Å². The summed E-state index contributed by atoms with van der Waals surface area (Å²) >= 11 is 0. The zero-order valence-electron chi connectivity index (χ0n) is 12.4. The van der Waals surface area contributed by atoms with Crippen molar-refractivity contribution in [3.05, 3.63) is 0 Å². The summed E-state index contributed by atoms with van der Waals surface area (Å²) in [6, 6.07) is 2.03. The summed E-state index contributed by atoms with van der Waals surface area (Å²) in [6.45, 7) is 10.4. The Morgan fingerprint density at radius 3 is 2.65 bits per heavy atom. The quantitative estimate of drug-likeness (QED) is 0.733. The van der Waals surface area contributed by atoms with Crippen LogP contribution in [0.3, 0.4) is 0 Å². The fourth-order valence-electron chi connectivity index (χ4n) is 2.39. The van der Waals surface area contributed by atoms with Crippen LogP contribution in [0.25, 0.3) is 0 Å². The minimum atomic E-state index is 0.623. The van der Waals surface area contributed by atoms with E-state index in [2.05, 4.69) is 50.0 Å². The van der Waals surface area contributed by atoms with Gasteiger partial charge in [0.2, 0.25) is 0 Å². The smallest absolute Gasteiger partial charge is 0.0220 e. The molecular weight excluding hydrogens is 210 g/mol. The molecule has 1 aliphatic rings. The SMILES string of the molecule is CCC(C)NCC(C)N(C)CC1CCCN1C. The van der Waals surface area contributed by atoms with Gasteiger partial charge in [0.05, 0.1) is 0 Å². The van der Waals surface area contributed by atoms with Gasteiger partial charge in [-0.25, -0.2) is 0 Å². The first-order valence-electron chi connectivity index (χ1n) is 7.18. The van der Waals surface area contributed by atoms with Gasteiger partial charge in [-0.1, -0.05) is 6.92 Å². The Bertz CT molecular complexity index is 208. The molecule has 0 radical (unpaired) electrons. The van der Waals surface area contributed by atoms with Crippen molar-refractivity contribution in [2.75, 3.05) is 33.7 Å². The van der Waals surface area contributed by atoms with E-state index in [4.69, 9.17) is 0 Å². The highest BCUT2D eigenvalue weighted by Crippen LogP contribution is 2.16. The van der Waals surface area contributed by atoms with E-state index < -0.39 is 0 Å². The third-order valence-electron chi connectivity index (χ3n) is 4.30. The second-order valence-electron chi connectivity index (χ2n) is 5.78. The molecule has 0 saturated carbocycles. The first-order valence-corrected chi connectivity index (χ1v) is 7.18. The highest BCUT2D eigenvalue weighted by molar-refractivity contribution is 4.81. The fourth-order valence-corrected chi connectivity index (χ4v) is 2.39. The van der Waals surface area contributed by atoms with Gasteiger partial charge in [0.15, 0.2) is 0 Å². The molecule has 1 rings (SSSR count). The highest BCUT2D eigenvalue weighted by Gasteiger charge is 2.23. The van der Waals surface area contributed by atoms with Gasteiger partial charge in [0, 0.05) is 31.2 Å². The maximum Gasteiger partial charge on any atom is 0.0220 e. The molecule has 0 aromatic carbocycles. The molecule has 3 nitrogen and oxygen atoms in total. The Morgan fingerprint density at radius 1 is 1.41 bits per heavy atom. The zero-order chi connectivity index (χ0) is 12.8. The number of hydrogen-bond donors (Lipinski definition) is 1. The monoisotopic (exact) mass is 241 g/mol. The summed E-state index contributed by atoms with van der Waals surface area (Å²) in [5.74, 6) is 0. The molecule has 1 N–H and O–H groups in total. The Balaban J connectivity index is 2.23. The predicted molar refractivity (Wildman–Crippen MR) is 75.5 cm³/mol. The van der Waals surface area contributed by atoms with E-state index in [9.17, 15) is 0 Å². The molecule has 1 fully saturated rings. The van der Waals surface area contributed by atoms with Crippen molar-refractivity contribution >= 4 is 0 Å². The van der Waals surface area contributed by atoms with Crippen LogP contribution < -0.4 is 5.32 Å². The Hall–Kier alpha value is -0.120. The van der Waals surface area contributed by atoms with Crippen molar-refractivity contribution in [3.8, 4) is 0 Å². The van der Waals surface area contributed by atoms with Crippen molar-refractivity contribution in [2.45, 2.75) is 58.2 Å². The third kappa shape index (κ3) is 4.94. The molecule has 3 heteroatoms. The van der Waals surface area contributed by atoms with E-state index in [1.807, 2.05) is 0 Å². The van der Waals surface area contributed by atoms with Gasteiger partial charge in [-0.3, -0.25) is 0 Å². The van der Waals surface area contributed by atoms with Gasteiger partial charge >= 0.3 is 0 Å². The second-order valence-corrected chi connectivity index (χ2v) is 5.78. The lowest BCUT2D eigenvalue weighted by atomic mass is 10.1. The lowest BCUT2D eigenvalue weighted by molar-refractivity contribution is 0.180. The lowest BCUT2D eigenvalue weighted by Gasteiger charge is -2.31. The number of hydrogen-bond acceptors (Lipinski definition) is 3. The van der Waals surface area contributed by atoms with E-state index in [1.165, 1.54) is 32.4 Å².